The van der Waals surface area contributed by atoms with Gasteiger partial charge in [-0.1, -0.05) is 12.1 Å². The van der Waals surface area contributed by atoms with Gasteiger partial charge in [-0.15, -0.1) is 0 Å². The maximum Gasteiger partial charge on any atom is 0.416 e. The van der Waals surface area contributed by atoms with Crippen molar-refractivity contribution >= 4 is 34.8 Å². The number of nitrogens with one attached hydrogen (secondary N) is 3. The lowest BCUT2D eigenvalue weighted by molar-refractivity contribution is -0.137. The van der Waals surface area contributed by atoms with Crippen molar-refractivity contribution in [2.24, 2.45) is 0 Å². The fourth-order valence-corrected chi connectivity index (χ4v) is 4.68. The molecule has 0 unspecified atom stereocenters. The summed E-state index contributed by atoms with van der Waals surface area (Å²) >= 11 is 0. The summed E-state index contributed by atoms with van der Waals surface area (Å²) in [4.78, 5) is 34.2. The molecule has 3 aromatic heterocycles. The van der Waals surface area contributed by atoms with Crippen LogP contribution in [0.1, 0.15) is 16.8 Å². The fourth-order valence-electron chi connectivity index (χ4n) is 4.68. The van der Waals surface area contributed by atoms with E-state index >= 15 is 0 Å². The first-order valence-electron chi connectivity index (χ1n) is 12.3. The third-order valence-corrected chi connectivity index (χ3v) is 6.47. The van der Waals surface area contributed by atoms with Crippen molar-refractivity contribution in [1.82, 2.24) is 29.8 Å². The zero-order valence-electron chi connectivity index (χ0n) is 21.4. The van der Waals surface area contributed by atoms with Crippen LogP contribution in [0.15, 0.2) is 48.9 Å². The molecule has 0 spiro atoms. The molecule has 15 heteroatoms. The first-order chi connectivity index (χ1) is 19.6. The van der Waals surface area contributed by atoms with Crippen molar-refractivity contribution < 1.29 is 22.8 Å². The summed E-state index contributed by atoms with van der Waals surface area (Å²) in [6, 6.07) is 9.56. The largest absolute Gasteiger partial charge is 0.416 e. The van der Waals surface area contributed by atoms with Gasteiger partial charge in [0.15, 0.2) is 5.82 Å². The summed E-state index contributed by atoms with van der Waals surface area (Å²) in [5.74, 6) is -0.152. The maximum atomic E-state index is 13.0. The van der Waals surface area contributed by atoms with Crippen molar-refractivity contribution in [2.75, 3.05) is 36.0 Å². The van der Waals surface area contributed by atoms with Gasteiger partial charge in [0.2, 0.25) is 5.91 Å². The molecule has 4 heterocycles. The summed E-state index contributed by atoms with van der Waals surface area (Å²) in [5.41, 5.74) is 8.88. The Balaban J connectivity index is 1.43. The average Bonchev–Trinajstić information content (AvgIpc) is 3.23. The van der Waals surface area contributed by atoms with Crippen LogP contribution in [0.3, 0.4) is 0 Å². The minimum absolute atomic E-state index is 0.0416. The number of rotatable bonds is 6. The minimum Gasteiger partial charge on any atom is -0.382 e. The number of pyridine rings is 1. The Kier molecular flexibility index (Phi) is 7.40. The van der Waals surface area contributed by atoms with Crippen molar-refractivity contribution in [3.63, 3.8) is 0 Å². The van der Waals surface area contributed by atoms with E-state index in [9.17, 15) is 28.0 Å². The van der Waals surface area contributed by atoms with Crippen LogP contribution in [0.2, 0.25) is 0 Å². The van der Waals surface area contributed by atoms with Crippen LogP contribution in [0.25, 0.3) is 16.6 Å². The highest BCUT2D eigenvalue weighted by Gasteiger charge is 2.31. The highest BCUT2D eigenvalue weighted by molar-refractivity contribution is 5.99. The number of hydrogen-bond acceptors (Lipinski definition) is 8. The number of halogens is 3. The second kappa shape index (κ2) is 11.1. The summed E-state index contributed by atoms with van der Waals surface area (Å²) in [7, 11) is 0. The van der Waals surface area contributed by atoms with Gasteiger partial charge in [0.05, 0.1) is 30.3 Å². The molecular weight excluding hydrogens is 541 g/mol. The van der Waals surface area contributed by atoms with Crippen LogP contribution in [-0.4, -0.2) is 56.1 Å². The van der Waals surface area contributed by atoms with Crippen LogP contribution >= 0.6 is 0 Å². The highest BCUT2D eigenvalue weighted by atomic mass is 19.4. The molecule has 12 nitrogen and oxygen atoms in total. The zero-order chi connectivity index (χ0) is 29.1. The first kappa shape index (κ1) is 27.3. The molecule has 1 aliphatic rings. The number of nitriles is 1. The third kappa shape index (κ3) is 5.87. The Morgan fingerprint density at radius 1 is 1.17 bits per heavy atom. The van der Waals surface area contributed by atoms with E-state index in [0.29, 0.717) is 53.2 Å². The summed E-state index contributed by atoms with van der Waals surface area (Å²) in [6.45, 7) is 1.68. The Labute approximate surface area is 231 Å². The molecule has 3 amide bonds. The van der Waals surface area contributed by atoms with Gasteiger partial charge in [-0.2, -0.15) is 23.5 Å². The topological polar surface area (TPSA) is 166 Å². The number of piperazine rings is 1. The monoisotopic (exact) mass is 564 g/mol. The number of aromatic nitrogens is 4. The molecule has 1 saturated heterocycles. The van der Waals surface area contributed by atoms with E-state index in [1.165, 1.54) is 6.33 Å². The zero-order valence-corrected chi connectivity index (χ0v) is 21.4. The Morgan fingerprint density at radius 3 is 2.66 bits per heavy atom. The molecule has 0 saturated carbocycles. The number of alkyl halides is 3. The first-order valence-corrected chi connectivity index (χ1v) is 12.3. The van der Waals surface area contributed by atoms with Crippen molar-refractivity contribution in [2.45, 2.75) is 19.1 Å². The van der Waals surface area contributed by atoms with E-state index in [1.807, 2.05) is 4.90 Å². The number of nitrogens with zero attached hydrogens (tertiary/aromatic N) is 6. The Bertz CT molecular complexity index is 1660. The van der Waals surface area contributed by atoms with Crippen LogP contribution in [0.4, 0.5) is 35.3 Å². The number of carbonyl (C=O) groups excluding carboxylic acids is 2. The lowest BCUT2D eigenvalue weighted by atomic mass is 9.98. The Hall–Kier alpha value is -5.23. The standard InChI is InChI=1S/C26H23F3N10O2/c27-26(28,29)16-6-8-32-20(11-16)37-25(41)36-17-3-1-15(2-4-17)22-18(5-7-30)19(12-38-10-9-33-21(40)13-38)39-23(22)24(31)34-14-35-39/h1-4,6,8,11,14H,5,9-10,12-13H2,(H,33,40)(H2,31,34,35)(H2,32,36,37,41). The van der Waals surface area contributed by atoms with Gasteiger partial charge in [0.1, 0.15) is 17.7 Å². The molecule has 0 aliphatic carbocycles. The van der Waals surface area contributed by atoms with Crippen LogP contribution < -0.4 is 21.7 Å². The minimum atomic E-state index is -4.57. The Morgan fingerprint density at radius 2 is 1.95 bits per heavy atom. The smallest absolute Gasteiger partial charge is 0.382 e. The average molecular weight is 565 g/mol. The molecule has 41 heavy (non-hydrogen) atoms. The van der Waals surface area contributed by atoms with Crippen LogP contribution in [0, 0.1) is 11.3 Å². The van der Waals surface area contributed by atoms with Gasteiger partial charge in [0, 0.05) is 37.1 Å². The number of anilines is 3. The van der Waals surface area contributed by atoms with Gasteiger partial charge < -0.3 is 16.4 Å². The van der Waals surface area contributed by atoms with Crippen molar-refractivity contribution in [3.05, 3.63) is 65.7 Å². The molecule has 1 aromatic carbocycles. The molecule has 5 rings (SSSR count). The van der Waals surface area contributed by atoms with Gasteiger partial charge in [-0.05, 0) is 35.4 Å². The molecule has 0 bridgehead atoms. The van der Waals surface area contributed by atoms with Crippen molar-refractivity contribution in [3.8, 4) is 17.2 Å². The summed E-state index contributed by atoms with van der Waals surface area (Å²) in [5, 5.41) is 21.7. The molecule has 1 fully saturated rings. The van der Waals surface area contributed by atoms with Gasteiger partial charge in [-0.25, -0.2) is 19.3 Å². The van der Waals surface area contributed by atoms with Gasteiger partial charge >= 0.3 is 12.2 Å². The number of nitrogens with two attached hydrogens (primary N) is 1. The lowest BCUT2D eigenvalue weighted by Crippen LogP contribution is -2.47. The number of hydrogen-bond donors (Lipinski definition) is 4. The summed E-state index contributed by atoms with van der Waals surface area (Å²) < 4.78 is 40.5. The SMILES string of the molecule is N#CCc1c(-c2ccc(NC(=O)Nc3cc(C(F)(F)F)ccn3)cc2)c2c(N)ncnn2c1CN1CCNC(=O)C1. The normalized spacial score (nSPS) is 14.0. The maximum absolute atomic E-state index is 13.0. The van der Waals surface area contributed by atoms with Crippen LogP contribution in [-0.2, 0) is 23.9 Å². The van der Waals surface area contributed by atoms with E-state index in [4.69, 9.17) is 5.73 Å². The van der Waals surface area contributed by atoms with E-state index in [-0.39, 0.29) is 30.5 Å². The van der Waals surface area contributed by atoms with E-state index in [1.54, 1.807) is 28.8 Å². The number of carbonyl (C=O) groups is 2. The van der Waals surface area contributed by atoms with E-state index < -0.39 is 17.8 Å². The predicted molar refractivity (Wildman–Crippen MR) is 142 cm³/mol. The van der Waals surface area contributed by atoms with Gasteiger partial charge in [0.25, 0.3) is 0 Å². The second-order valence-electron chi connectivity index (χ2n) is 9.19. The highest BCUT2D eigenvalue weighted by Crippen LogP contribution is 2.37. The molecule has 4 aromatic rings. The molecule has 0 atom stereocenters. The second-order valence-corrected chi connectivity index (χ2v) is 9.19. The lowest BCUT2D eigenvalue weighted by Gasteiger charge is -2.26. The number of fused-ring (bicyclic) bond motifs is 1. The molecule has 210 valence electrons. The molecular formula is C26H23F3N10O2. The molecule has 1 aliphatic heterocycles. The van der Waals surface area contributed by atoms with Crippen molar-refractivity contribution in [1.29, 1.82) is 5.26 Å². The summed E-state index contributed by atoms with van der Waals surface area (Å²) in [6.07, 6.45) is -2.26. The fraction of sp³-hybridized carbons (Fsp3) is 0.231. The number of benzene rings is 1. The third-order valence-electron chi connectivity index (χ3n) is 6.47. The number of amides is 3. The van der Waals surface area contributed by atoms with E-state index in [2.05, 4.69) is 37.1 Å². The number of nitrogen functional groups attached to an aromatic ring is 1. The predicted octanol–water partition coefficient (Wildman–Crippen LogP) is 3.03. The van der Waals surface area contributed by atoms with Crippen LogP contribution in [0.5, 0.6) is 0 Å². The molecule has 5 N–H and O–H groups in total. The molecule has 0 radical (unpaired) electrons. The van der Waals surface area contributed by atoms with Gasteiger partial charge in [-0.3, -0.25) is 15.0 Å². The quantitative estimate of drug-likeness (QED) is 0.277. The van der Waals surface area contributed by atoms with E-state index in [0.717, 1.165) is 18.3 Å². The number of urea groups is 1.